The van der Waals surface area contributed by atoms with E-state index in [2.05, 4.69) is 18.6 Å². The molecule has 2 unspecified atom stereocenters. The third kappa shape index (κ3) is 5.21. The lowest BCUT2D eigenvalue weighted by Crippen LogP contribution is -2.37. The lowest BCUT2D eigenvalue weighted by molar-refractivity contribution is 0.0526. The molecule has 1 N–H and O–H groups in total. The van der Waals surface area contributed by atoms with Gasteiger partial charge in [-0.25, -0.2) is 13.7 Å². The van der Waals surface area contributed by atoms with Crippen LogP contribution in [0.4, 0.5) is 0 Å². The number of carbonyl (C=O) groups is 1. The van der Waals surface area contributed by atoms with Crippen LogP contribution < -0.4 is 4.72 Å². The van der Waals surface area contributed by atoms with Crippen molar-refractivity contribution >= 4 is 17.0 Å². The monoisotopic (exact) mass is 325 g/mol. The number of nitrogens with one attached hydrogen (secondary N) is 1. The molecule has 0 saturated carbocycles. The first-order valence-corrected chi connectivity index (χ1v) is 8.77. The summed E-state index contributed by atoms with van der Waals surface area (Å²) < 4.78 is 20.2. The zero-order valence-corrected chi connectivity index (χ0v) is 15.1. The van der Waals surface area contributed by atoms with E-state index in [-0.39, 0.29) is 22.7 Å². The van der Waals surface area contributed by atoms with Crippen molar-refractivity contribution < 1.29 is 13.7 Å². The van der Waals surface area contributed by atoms with Crippen LogP contribution in [0.3, 0.4) is 0 Å². The molecule has 0 aliphatic rings. The van der Waals surface area contributed by atoms with Gasteiger partial charge in [0.25, 0.3) is 0 Å². The van der Waals surface area contributed by atoms with E-state index in [1.165, 1.54) is 0 Å². The Morgan fingerprint density at radius 2 is 1.77 bits per heavy atom. The molecule has 0 fully saturated rings. The zero-order chi connectivity index (χ0) is 16.9. The van der Waals surface area contributed by atoms with Gasteiger partial charge in [0.05, 0.1) is 27.9 Å². The third-order valence-corrected chi connectivity index (χ3v) is 4.82. The average molecular weight is 325 g/mol. The molecule has 22 heavy (non-hydrogen) atoms. The number of benzene rings is 1. The van der Waals surface area contributed by atoms with Gasteiger partial charge >= 0.3 is 5.97 Å². The molecular formula is C17H27NO3S. The number of esters is 1. The van der Waals surface area contributed by atoms with Gasteiger partial charge in [0.2, 0.25) is 0 Å². The van der Waals surface area contributed by atoms with E-state index >= 15 is 0 Å². The lowest BCUT2D eigenvalue weighted by atomic mass is 9.96. The number of ether oxygens (including phenoxy) is 1. The summed E-state index contributed by atoms with van der Waals surface area (Å²) in [7, 11) is -1.15. The minimum Gasteiger partial charge on any atom is -0.462 e. The number of carbonyl (C=O) groups excluding carboxylic acids is 1. The first kappa shape index (κ1) is 18.8. The second kappa shape index (κ2) is 7.88. The molecule has 0 radical (unpaired) electrons. The second-order valence-corrected chi connectivity index (χ2v) is 8.56. The smallest absolute Gasteiger partial charge is 0.338 e. The van der Waals surface area contributed by atoms with Crippen molar-refractivity contribution in [3.63, 3.8) is 0 Å². The van der Waals surface area contributed by atoms with Gasteiger partial charge in [0.1, 0.15) is 0 Å². The van der Waals surface area contributed by atoms with E-state index in [1.807, 2.05) is 32.9 Å². The summed E-state index contributed by atoms with van der Waals surface area (Å²) in [6.07, 6.45) is 0. The average Bonchev–Trinajstić information content (AvgIpc) is 2.43. The molecule has 1 rings (SSSR count). The molecule has 0 aromatic heterocycles. The molecule has 0 saturated heterocycles. The topological polar surface area (TPSA) is 55.4 Å². The van der Waals surface area contributed by atoms with Gasteiger partial charge in [-0.1, -0.05) is 26.0 Å². The fourth-order valence-corrected chi connectivity index (χ4v) is 2.91. The van der Waals surface area contributed by atoms with Crippen LogP contribution in [0.25, 0.3) is 0 Å². The standard InChI is InChI=1S/C17H27NO3S/c1-7-21-16(19)14-10-8-13(9-11-14)15(12(2)3)18-22(20)17(4,5)6/h8-12,15,18H,7H2,1-6H3. The van der Waals surface area contributed by atoms with Crippen LogP contribution in [-0.4, -0.2) is 21.5 Å². The van der Waals surface area contributed by atoms with Crippen molar-refractivity contribution in [2.75, 3.05) is 6.61 Å². The lowest BCUT2D eigenvalue weighted by Gasteiger charge is -2.27. The minimum atomic E-state index is -1.15. The molecule has 1 aromatic carbocycles. The molecule has 2 atom stereocenters. The Labute approximate surface area is 136 Å². The van der Waals surface area contributed by atoms with Gasteiger partial charge in [0, 0.05) is 6.04 Å². The quantitative estimate of drug-likeness (QED) is 0.813. The highest BCUT2D eigenvalue weighted by molar-refractivity contribution is 7.84. The fourth-order valence-electron chi connectivity index (χ4n) is 1.92. The van der Waals surface area contributed by atoms with Crippen LogP contribution in [0.1, 0.15) is 63.5 Å². The Morgan fingerprint density at radius 1 is 1.23 bits per heavy atom. The molecule has 0 amide bonds. The molecule has 0 spiro atoms. The molecule has 4 nitrogen and oxygen atoms in total. The Kier molecular flexibility index (Phi) is 6.75. The summed E-state index contributed by atoms with van der Waals surface area (Å²) in [5, 5.41) is 0. The van der Waals surface area contributed by atoms with Crippen LogP contribution in [0.15, 0.2) is 24.3 Å². The maximum absolute atomic E-state index is 12.3. The summed E-state index contributed by atoms with van der Waals surface area (Å²) in [4.78, 5) is 11.7. The third-order valence-electron chi connectivity index (χ3n) is 3.24. The van der Waals surface area contributed by atoms with Gasteiger partial charge in [0.15, 0.2) is 0 Å². The minimum absolute atomic E-state index is 0.0312. The van der Waals surface area contributed by atoms with Gasteiger partial charge < -0.3 is 4.74 Å². The van der Waals surface area contributed by atoms with E-state index in [4.69, 9.17) is 4.74 Å². The van der Waals surface area contributed by atoms with Crippen molar-refractivity contribution in [1.29, 1.82) is 0 Å². The Bertz CT molecular complexity index is 518. The number of rotatable bonds is 6. The molecule has 5 heteroatoms. The van der Waals surface area contributed by atoms with E-state index in [9.17, 15) is 9.00 Å². The highest BCUT2D eigenvalue weighted by Crippen LogP contribution is 2.24. The molecule has 1 aromatic rings. The van der Waals surface area contributed by atoms with Crippen LogP contribution in [0.5, 0.6) is 0 Å². The van der Waals surface area contributed by atoms with Gasteiger partial charge in [-0.05, 0) is 51.3 Å². The largest absolute Gasteiger partial charge is 0.462 e. The predicted octanol–water partition coefficient (Wildman–Crippen LogP) is 3.61. The van der Waals surface area contributed by atoms with Gasteiger partial charge in [-0.15, -0.1) is 0 Å². The number of hydrogen-bond donors (Lipinski definition) is 1. The van der Waals surface area contributed by atoms with E-state index in [1.54, 1.807) is 19.1 Å². The Hall–Kier alpha value is -1.20. The van der Waals surface area contributed by atoms with Crippen LogP contribution >= 0.6 is 0 Å². The predicted molar refractivity (Wildman–Crippen MR) is 91.0 cm³/mol. The van der Waals surface area contributed by atoms with E-state index in [0.29, 0.717) is 12.2 Å². The maximum Gasteiger partial charge on any atom is 0.338 e. The van der Waals surface area contributed by atoms with Crippen molar-refractivity contribution in [2.45, 2.75) is 52.3 Å². The second-order valence-electron chi connectivity index (χ2n) is 6.56. The van der Waals surface area contributed by atoms with Crippen LogP contribution in [0.2, 0.25) is 0 Å². The van der Waals surface area contributed by atoms with Crippen molar-refractivity contribution in [1.82, 2.24) is 4.72 Å². The van der Waals surface area contributed by atoms with Crippen LogP contribution in [-0.2, 0) is 15.7 Å². The summed E-state index contributed by atoms with van der Waals surface area (Å²) in [5.41, 5.74) is 1.55. The van der Waals surface area contributed by atoms with Crippen molar-refractivity contribution in [3.8, 4) is 0 Å². The summed E-state index contributed by atoms with van der Waals surface area (Å²) in [5.74, 6) is -0.0406. The molecular weight excluding hydrogens is 298 g/mol. The Balaban J connectivity index is 2.93. The SMILES string of the molecule is CCOC(=O)c1ccc(C(NS(=O)C(C)(C)C)C(C)C)cc1. The highest BCUT2D eigenvalue weighted by atomic mass is 32.2. The fraction of sp³-hybridized carbons (Fsp3) is 0.588. The Morgan fingerprint density at radius 3 is 2.18 bits per heavy atom. The van der Waals surface area contributed by atoms with Crippen molar-refractivity contribution in [2.24, 2.45) is 5.92 Å². The maximum atomic E-state index is 12.3. The molecule has 0 heterocycles. The van der Waals surface area contributed by atoms with Gasteiger partial charge in [-0.2, -0.15) is 0 Å². The molecule has 0 aliphatic heterocycles. The van der Waals surface area contributed by atoms with Gasteiger partial charge in [-0.3, -0.25) is 0 Å². The first-order chi connectivity index (χ1) is 10.2. The first-order valence-electron chi connectivity index (χ1n) is 7.62. The number of hydrogen-bond acceptors (Lipinski definition) is 3. The highest BCUT2D eigenvalue weighted by Gasteiger charge is 2.25. The normalized spacial score (nSPS) is 14.7. The molecule has 0 aliphatic carbocycles. The summed E-state index contributed by atoms with van der Waals surface area (Å²) in [6, 6.07) is 7.26. The summed E-state index contributed by atoms with van der Waals surface area (Å²) >= 11 is 0. The van der Waals surface area contributed by atoms with Crippen LogP contribution in [0, 0.1) is 5.92 Å². The van der Waals surface area contributed by atoms with E-state index in [0.717, 1.165) is 5.56 Å². The molecule has 124 valence electrons. The summed E-state index contributed by atoms with van der Waals surface area (Å²) in [6.45, 7) is 12.1. The van der Waals surface area contributed by atoms with E-state index < -0.39 is 11.0 Å². The molecule has 0 bridgehead atoms. The zero-order valence-electron chi connectivity index (χ0n) is 14.3. The van der Waals surface area contributed by atoms with Crippen molar-refractivity contribution in [3.05, 3.63) is 35.4 Å².